The quantitative estimate of drug-likeness (QED) is 0.152. The van der Waals surface area contributed by atoms with Gasteiger partial charge in [-0.3, -0.25) is 0 Å². The van der Waals surface area contributed by atoms with Gasteiger partial charge in [0.25, 0.3) is 0 Å². The van der Waals surface area contributed by atoms with Crippen LogP contribution in [0.15, 0.2) is 248 Å². The normalized spacial score (nSPS) is 15.4. The van der Waals surface area contributed by atoms with Crippen molar-refractivity contribution < 1.29 is 0 Å². The highest BCUT2D eigenvalue weighted by Gasteiger charge is 2.52. The van der Waals surface area contributed by atoms with Crippen LogP contribution in [-0.4, -0.2) is 15.0 Å². The first-order chi connectivity index (χ1) is 33.1. The Labute approximate surface area is 391 Å². The molecule has 1 spiro atoms. The van der Waals surface area contributed by atoms with Crippen LogP contribution >= 0.6 is 0 Å². The zero-order valence-corrected chi connectivity index (χ0v) is 37.1. The van der Waals surface area contributed by atoms with Gasteiger partial charge in [0.1, 0.15) is 0 Å². The molecule has 1 aromatic heterocycles. The molecule has 12 rings (SSSR count). The number of nitrogens with zero attached hydrogens (tertiary/aromatic N) is 5. The Morgan fingerprint density at radius 3 is 1.93 bits per heavy atom. The van der Waals surface area contributed by atoms with E-state index in [1.807, 2.05) is 24.3 Å². The van der Waals surface area contributed by atoms with Crippen molar-refractivity contribution in [1.82, 2.24) is 15.0 Å². The lowest BCUT2D eigenvalue weighted by Gasteiger charge is -2.46. The van der Waals surface area contributed by atoms with Gasteiger partial charge in [-0.15, -0.1) is 0 Å². The van der Waals surface area contributed by atoms with Gasteiger partial charge in [0.2, 0.25) is 0 Å². The lowest BCUT2D eigenvalue weighted by atomic mass is 9.63. The van der Waals surface area contributed by atoms with E-state index in [9.17, 15) is 0 Å². The van der Waals surface area contributed by atoms with E-state index in [-0.39, 0.29) is 0 Å². The van der Waals surface area contributed by atoms with Gasteiger partial charge in [0.15, 0.2) is 17.5 Å². The van der Waals surface area contributed by atoms with Crippen LogP contribution in [0.5, 0.6) is 0 Å². The van der Waals surface area contributed by atoms with Crippen molar-refractivity contribution >= 4 is 28.4 Å². The van der Waals surface area contributed by atoms with Crippen molar-refractivity contribution in [3.63, 3.8) is 0 Å². The minimum absolute atomic E-state index is 0.588. The summed E-state index contributed by atoms with van der Waals surface area (Å²) in [5.74, 6) is 1.81. The van der Waals surface area contributed by atoms with Gasteiger partial charge in [-0.1, -0.05) is 183 Å². The van der Waals surface area contributed by atoms with Gasteiger partial charge < -0.3 is 9.80 Å². The second-order valence-electron chi connectivity index (χ2n) is 17.3. The van der Waals surface area contributed by atoms with Gasteiger partial charge in [-0.25, -0.2) is 15.0 Å². The highest BCUT2D eigenvalue weighted by Crippen LogP contribution is 2.63. The standard InChI is InChI=1S/C62H45N5/c1-42-22-15-19-35-56(42)66(48-27-9-4-10-28-48)43(2)45-25-21-26-46(40-45)60-63-59(44-23-7-3-8-24-44)64-61(65-60)47-38-39-51-50-31-16-17-32-52(50)62(55(51)41-47)53-33-13-6-14-36-57(53)67(49-29-11-5-12-30-49)58-37-20-18-34-54(58)62/h3-32,34-41H,2,33H2,1H3. The van der Waals surface area contributed by atoms with Crippen LogP contribution in [0.4, 0.5) is 22.7 Å². The summed E-state index contributed by atoms with van der Waals surface area (Å²) >= 11 is 0. The first kappa shape index (κ1) is 39.9. The molecule has 3 aliphatic rings. The molecule has 0 saturated carbocycles. The molecule has 0 radical (unpaired) electrons. The zero-order valence-electron chi connectivity index (χ0n) is 37.1. The molecular formula is C62H45N5. The number of aromatic nitrogens is 3. The topological polar surface area (TPSA) is 45.2 Å². The molecule has 2 aliphatic carbocycles. The monoisotopic (exact) mass is 859 g/mol. The highest BCUT2D eigenvalue weighted by molar-refractivity contribution is 5.94. The maximum absolute atomic E-state index is 5.37. The minimum atomic E-state index is -0.591. The number of benzene rings is 8. The molecule has 0 fully saturated rings. The van der Waals surface area contributed by atoms with Crippen molar-refractivity contribution in [1.29, 1.82) is 0 Å². The fraction of sp³-hybridized carbons (Fsp3) is 0.0484. The molecule has 2 heterocycles. The number of rotatable bonds is 8. The third kappa shape index (κ3) is 6.58. The number of allylic oxidation sites excluding steroid dienone is 5. The van der Waals surface area contributed by atoms with E-state index in [4.69, 9.17) is 21.5 Å². The highest BCUT2D eigenvalue weighted by atomic mass is 15.2. The Hall–Kier alpha value is -8.67. The van der Waals surface area contributed by atoms with E-state index in [2.05, 4.69) is 223 Å². The molecule has 1 unspecified atom stereocenters. The molecule has 0 bridgehead atoms. The predicted octanol–water partition coefficient (Wildman–Crippen LogP) is 15.2. The second-order valence-corrected chi connectivity index (χ2v) is 17.3. The number of para-hydroxylation sites is 4. The summed E-state index contributed by atoms with van der Waals surface area (Å²) in [7, 11) is 0. The molecule has 67 heavy (non-hydrogen) atoms. The minimum Gasteiger partial charge on any atom is -0.310 e. The van der Waals surface area contributed by atoms with E-state index < -0.39 is 5.41 Å². The third-order valence-electron chi connectivity index (χ3n) is 13.5. The molecular weight excluding hydrogens is 815 g/mol. The van der Waals surface area contributed by atoms with Gasteiger partial charge in [-0.05, 0) is 112 Å². The van der Waals surface area contributed by atoms with Crippen LogP contribution in [0.3, 0.4) is 0 Å². The van der Waals surface area contributed by atoms with Crippen LogP contribution in [0.2, 0.25) is 0 Å². The van der Waals surface area contributed by atoms with Crippen LogP contribution < -0.4 is 9.80 Å². The average molecular weight is 860 g/mol. The Balaban J connectivity index is 1.05. The zero-order chi connectivity index (χ0) is 44.9. The fourth-order valence-corrected chi connectivity index (χ4v) is 10.5. The van der Waals surface area contributed by atoms with E-state index >= 15 is 0 Å². The molecule has 5 heteroatoms. The fourth-order valence-electron chi connectivity index (χ4n) is 10.5. The number of anilines is 4. The second kappa shape index (κ2) is 16.4. The average Bonchev–Trinajstić information content (AvgIpc) is 3.47. The maximum atomic E-state index is 5.37. The first-order valence-corrected chi connectivity index (χ1v) is 22.9. The largest absolute Gasteiger partial charge is 0.310 e. The SMILES string of the molecule is C=C(c1cccc(-c2nc(-c3ccccc3)nc(-c3ccc4c(c3)C3(C5=C(C=CC=CC5)N(c5ccccc5)c5ccccc53)c3ccccc3-4)n2)c1)N(c1ccccc1)c1ccccc1C. The van der Waals surface area contributed by atoms with Crippen LogP contribution in [0.25, 0.3) is 51.0 Å². The lowest BCUT2D eigenvalue weighted by molar-refractivity contribution is 0.699. The Kier molecular flexibility index (Phi) is 9.76. The van der Waals surface area contributed by atoms with Crippen molar-refractivity contribution in [3.8, 4) is 45.3 Å². The Morgan fingerprint density at radius 1 is 0.537 bits per heavy atom. The summed E-state index contributed by atoms with van der Waals surface area (Å²) < 4.78 is 0. The summed E-state index contributed by atoms with van der Waals surface area (Å²) in [5.41, 5.74) is 18.2. The number of hydrogen-bond acceptors (Lipinski definition) is 5. The van der Waals surface area contributed by atoms with E-state index in [0.717, 1.165) is 62.7 Å². The Morgan fingerprint density at radius 2 is 1.15 bits per heavy atom. The molecule has 0 saturated heterocycles. The van der Waals surface area contributed by atoms with Crippen LogP contribution in [0.1, 0.15) is 34.2 Å². The van der Waals surface area contributed by atoms with Gasteiger partial charge in [0, 0.05) is 45.1 Å². The first-order valence-electron chi connectivity index (χ1n) is 22.9. The van der Waals surface area contributed by atoms with Crippen LogP contribution in [-0.2, 0) is 5.41 Å². The molecule has 8 aromatic carbocycles. The molecule has 9 aromatic rings. The summed E-state index contributed by atoms with van der Waals surface area (Å²) in [5, 5.41) is 0. The predicted molar refractivity (Wildman–Crippen MR) is 275 cm³/mol. The smallest absolute Gasteiger partial charge is 0.164 e. The number of hydrogen-bond donors (Lipinski definition) is 0. The third-order valence-corrected chi connectivity index (χ3v) is 13.5. The summed E-state index contributed by atoms with van der Waals surface area (Å²) in [6.45, 7) is 6.84. The molecule has 5 nitrogen and oxygen atoms in total. The van der Waals surface area contributed by atoms with Crippen molar-refractivity contribution in [3.05, 3.63) is 276 Å². The van der Waals surface area contributed by atoms with Crippen molar-refractivity contribution in [2.75, 3.05) is 9.80 Å². The maximum Gasteiger partial charge on any atom is 0.164 e. The van der Waals surface area contributed by atoms with Crippen molar-refractivity contribution in [2.45, 2.75) is 18.8 Å². The lowest BCUT2D eigenvalue weighted by Crippen LogP contribution is -2.38. The van der Waals surface area contributed by atoms with E-state index in [0.29, 0.717) is 17.5 Å². The molecule has 1 atom stereocenters. The summed E-state index contributed by atoms with van der Waals surface area (Å²) in [4.78, 5) is 20.5. The van der Waals surface area contributed by atoms with Gasteiger partial charge in [0.05, 0.1) is 11.1 Å². The molecule has 0 amide bonds. The van der Waals surface area contributed by atoms with Crippen molar-refractivity contribution in [2.24, 2.45) is 0 Å². The Bertz CT molecular complexity index is 3480. The number of fused-ring (bicyclic) bond motifs is 8. The van der Waals surface area contributed by atoms with Crippen LogP contribution in [0, 0.1) is 6.92 Å². The van der Waals surface area contributed by atoms with E-state index in [1.165, 1.54) is 39.1 Å². The summed E-state index contributed by atoms with van der Waals surface area (Å²) in [6.07, 6.45) is 9.74. The van der Waals surface area contributed by atoms with Gasteiger partial charge >= 0.3 is 0 Å². The molecule has 0 N–H and O–H groups in total. The summed E-state index contributed by atoms with van der Waals surface area (Å²) in [6, 6.07) is 73.0. The molecule has 1 aliphatic heterocycles. The van der Waals surface area contributed by atoms with Gasteiger partial charge in [-0.2, -0.15) is 0 Å². The molecule has 318 valence electrons. The van der Waals surface area contributed by atoms with E-state index in [1.54, 1.807) is 0 Å². The number of aryl methyl sites for hydroxylation is 1.